The quantitative estimate of drug-likeness (QED) is 0.759. The summed E-state index contributed by atoms with van der Waals surface area (Å²) < 4.78 is 0. The fourth-order valence-corrected chi connectivity index (χ4v) is 2.91. The third-order valence-electron chi connectivity index (χ3n) is 2.97. The van der Waals surface area contributed by atoms with Crippen molar-refractivity contribution in [3.63, 3.8) is 0 Å². The molecule has 1 aliphatic rings. The van der Waals surface area contributed by atoms with E-state index in [0.717, 1.165) is 11.6 Å². The fraction of sp³-hybridized carbons (Fsp3) is 0.667. The van der Waals surface area contributed by atoms with Crippen LogP contribution < -0.4 is 0 Å². The molecule has 1 fully saturated rings. The van der Waals surface area contributed by atoms with E-state index in [1.54, 1.807) is 18.3 Å². The maximum absolute atomic E-state index is 11.1. The number of carbonyl (C=O) groups excluding carboxylic acids is 1. The number of likely N-dealkylation sites (tertiary alicyclic amines) is 1. The van der Waals surface area contributed by atoms with Gasteiger partial charge in [0.15, 0.2) is 5.78 Å². The number of carbonyl (C=O) groups is 1. The van der Waals surface area contributed by atoms with Gasteiger partial charge in [-0.15, -0.1) is 11.3 Å². The van der Waals surface area contributed by atoms with Crippen molar-refractivity contribution in [2.24, 2.45) is 0 Å². The van der Waals surface area contributed by atoms with Gasteiger partial charge in [0.1, 0.15) is 10.7 Å². The van der Waals surface area contributed by atoms with Gasteiger partial charge in [0, 0.05) is 12.3 Å². The van der Waals surface area contributed by atoms with Crippen LogP contribution in [0.2, 0.25) is 0 Å². The lowest BCUT2D eigenvalue weighted by atomic mass is 10.2. The molecule has 88 valence electrons. The molecule has 4 heteroatoms. The number of hydrogen-bond donors (Lipinski definition) is 0. The summed E-state index contributed by atoms with van der Waals surface area (Å²) in [5.74, 6) is 0.0679. The van der Waals surface area contributed by atoms with Crippen molar-refractivity contribution in [2.45, 2.75) is 39.2 Å². The molecule has 0 spiro atoms. The number of thiazole rings is 1. The van der Waals surface area contributed by atoms with Crippen LogP contribution in [0.4, 0.5) is 0 Å². The zero-order valence-corrected chi connectivity index (χ0v) is 10.6. The molecule has 0 radical (unpaired) electrons. The highest BCUT2D eigenvalue weighted by molar-refractivity contribution is 7.09. The maximum atomic E-state index is 11.1. The van der Waals surface area contributed by atoms with E-state index in [0.29, 0.717) is 5.69 Å². The highest BCUT2D eigenvalue weighted by Gasteiger charge is 2.12. The normalized spacial score (nSPS) is 18.3. The van der Waals surface area contributed by atoms with E-state index in [2.05, 4.69) is 9.88 Å². The monoisotopic (exact) mass is 238 g/mol. The molecule has 16 heavy (non-hydrogen) atoms. The lowest BCUT2D eigenvalue weighted by Gasteiger charge is -2.17. The number of nitrogens with zero attached hydrogens (tertiary/aromatic N) is 2. The van der Waals surface area contributed by atoms with Gasteiger partial charge in [-0.25, -0.2) is 4.98 Å². The van der Waals surface area contributed by atoms with Crippen LogP contribution in [0.5, 0.6) is 0 Å². The second kappa shape index (κ2) is 5.55. The summed E-state index contributed by atoms with van der Waals surface area (Å²) in [5, 5.41) is 2.95. The van der Waals surface area contributed by atoms with Crippen molar-refractivity contribution < 1.29 is 4.79 Å². The summed E-state index contributed by atoms with van der Waals surface area (Å²) in [6.45, 7) is 4.84. The molecule has 0 aliphatic carbocycles. The molecule has 0 atom stereocenters. The predicted octanol–water partition coefficient (Wildman–Crippen LogP) is 2.72. The van der Waals surface area contributed by atoms with E-state index in [1.807, 2.05) is 5.38 Å². The number of Topliss-reactive ketones (excluding diaryl/α,β-unsaturated/α-hetero) is 1. The Labute approximate surface area is 100 Å². The summed E-state index contributed by atoms with van der Waals surface area (Å²) in [7, 11) is 0. The van der Waals surface area contributed by atoms with Gasteiger partial charge in [-0.3, -0.25) is 9.69 Å². The Morgan fingerprint density at radius 2 is 2.06 bits per heavy atom. The Hall–Kier alpha value is -0.740. The predicted molar refractivity (Wildman–Crippen MR) is 65.9 cm³/mol. The van der Waals surface area contributed by atoms with Gasteiger partial charge in [-0.05, 0) is 25.9 Å². The Kier molecular flexibility index (Phi) is 4.07. The minimum absolute atomic E-state index is 0.0679. The molecule has 0 N–H and O–H groups in total. The van der Waals surface area contributed by atoms with Gasteiger partial charge >= 0.3 is 0 Å². The van der Waals surface area contributed by atoms with Gasteiger partial charge in [-0.1, -0.05) is 12.8 Å². The number of rotatable bonds is 3. The first kappa shape index (κ1) is 11.7. The van der Waals surface area contributed by atoms with Crippen LogP contribution in [-0.4, -0.2) is 28.8 Å². The minimum atomic E-state index is 0.0679. The van der Waals surface area contributed by atoms with Crippen molar-refractivity contribution in [3.8, 4) is 0 Å². The summed E-state index contributed by atoms with van der Waals surface area (Å²) in [6, 6.07) is 0. The Bertz CT molecular complexity index is 354. The summed E-state index contributed by atoms with van der Waals surface area (Å²) in [4.78, 5) is 18.0. The molecule has 0 amide bonds. The van der Waals surface area contributed by atoms with Crippen LogP contribution in [0.25, 0.3) is 0 Å². The zero-order valence-electron chi connectivity index (χ0n) is 9.74. The average Bonchev–Trinajstić information content (AvgIpc) is 2.56. The van der Waals surface area contributed by atoms with Crippen molar-refractivity contribution >= 4 is 17.1 Å². The molecule has 1 saturated heterocycles. The standard InChI is InChI=1S/C12H18N2OS/c1-10(15)11-9-16-12(13-11)8-14-6-4-2-3-5-7-14/h9H,2-8H2,1H3. The molecular formula is C12H18N2OS. The molecule has 1 aromatic rings. The number of aromatic nitrogens is 1. The topological polar surface area (TPSA) is 33.2 Å². The molecule has 2 rings (SSSR count). The first-order valence-electron chi connectivity index (χ1n) is 5.93. The first-order valence-corrected chi connectivity index (χ1v) is 6.81. The number of ketones is 1. The fourth-order valence-electron chi connectivity index (χ4n) is 2.03. The van der Waals surface area contributed by atoms with E-state index in [4.69, 9.17) is 0 Å². The lowest BCUT2D eigenvalue weighted by molar-refractivity contribution is 0.101. The summed E-state index contributed by atoms with van der Waals surface area (Å²) in [5.41, 5.74) is 0.620. The summed E-state index contributed by atoms with van der Waals surface area (Å²) in [6.07, 6.45) is 5.30. The molecule has 0 aromatic carbocycles. The minimum Gasteiger partial charge on any atom is -0.297 e. The smallest absolute Gasteiger partial charge is 0.178 e. The van der Waals surface area contributed by atoms with Crippen molar-refractivity contribution in [3.05, 3.63) is 16.1 Å². The Morgan fingerprint density at radius 1 is 1.38 bits per heavy atom. The third kappa shape index (κ3) is 3.12. The second-order valence-corrected chi connectivity index (χ2v) is 5.32. The Balaban J connectivity index is 1.94. The first-order chi connectivity index (χ1) is 7.75. The van der Waals surface area contributed by atoms with Gasteiger partial charge in [-0.2, -0.15) is 0 Å². The van der Waals surface area contributed by atoms with E-state index >= 15 is 0 Å². The third-order valence-corrected chi connectivity index (χ3v) is 3.80. The van der Waals surface area contributed by atoms with E-state index in [9.17, 15) is 4.79 Å². The number of hydrogen-bond acceptors (Lipinski definition) is 4. The van der Waals surface area contributed by atoms with Gasteiger partial charge < -0.3 is 0 Å². The molecule has 1 aliphatic heterocycles. The molecule has 3 nitrogen and oxygen atoms in total. The highest BCUT2D eigenvalue weighted by Crippen LogP contribution is 2.16. The Morgan fingerprint density at radius 3 is 2.62 bits per heavy atom. The molecular weight excluding hydrogens is 220 g/mol. The molecule has 0 unspecified atom stereocenters. The van der Waals surface area contributed by atoms with Crippen molar-refractivity contribution in [2.75, 3.05) is 13.1 Å². The zero-order chi connectivity index (χ0) is 11.4. The van der Waals surface area contributed by atoms with Gasteiger partial charge in [0.05, 0.1) is 6.54 Å². The van der Waals surface area contributed by atoms with Crippen LogP contribution in [0.1, 0.15) is 48.1 Å². The van der Waals surface area contributed by atoms with Crippen LogP contribution in [0.3, 0.4) is 0 Å². The van der Waals surface area contributed by atoms with Gasteiger partial charge in [0.2, 0.25) is 0 Å². The second-order valence-electron chi connectivity index (χ2n) is 4.37. The molecule has 0 bridgehead atoms. The largest absolute Gasteiger partial charge is 0.297 e. The SMILES string of the molecule is CC(=O)c1csc(CN2CCCCCC2)n1. The van der Waals surface area contributed by atoms with Gasteiger partial charge in [0.25, 0.3) is 0 Å². The van der Waals surface area contributed by atoms with E-state index in [-0.39, 0.29) is 5.78 Å². The molecule has 0 saturated carbocycles. The van der Waals surface area contributed by atoms with Crippen molar-refractivity contribution in [1.82, 2.24) is 9.88 Å². The highest BCUT2D eigenvalue weighted by atomic mass is 32.1. The van der Waals surface area contributed by atoms with Crippen LogP contribution in [0, 0.1) is 0 Å². The van der Waals surface area contributed by atoms with Crippen molar-refractivity contribution in [1.29, 1.82) is 0 Å². The van der Waals surface area contributed by atoms with Crippen LogP contribution in [-0.2, 0) is 6.54 Å². The van der Waals surface area contributed by atoms with E-state index < -0.39 is 0 Å². The maximum Gasteiger partial charge on any atom is 0.178 e. The van der Waals surface area contributed by atoms with E-state index in [1.165, 1.54) is 38.8 Å². The lowest BCUT2D eigenvalue weighted by Crippen LogP contribution is -2.23. The van der Waals surface area contributed by atoms with Crippen LogP contribution in [0.15, 0.2) is 5.38 Å². The average molecular weight is 238 g/mol. The molecule has 2 heterocycles. The van der Waals surface area contributed by atoms with Crippen LogP contribution >= 0.6 is 11.3 Å². The molecule has 1 aromatic heterocycles. The summed E-state index contributed by atoms with van der Waals surface area (Å²) >= 11 is 1.60.